The SMILES string of the molecule is CC[C@H](C)C(=O)N=C([NH+]=CN)c1ccc([C@]2(C#N)O[C@H](COC(=O)CC3CCCCC3)[C@@H](OC(=O)[C@@H](NC(=O)OC(C)(C)C)C(C)C)[C@H]2O)[nH]1. The zero-order valence-corrected chi connectivity index (χ0v) is 30.1. The zero-order valence-electron chi connectivity index (χ0n) is 30.1. The number of carbonyl (C=O) groups is 4. The molecule has 15 heteroatoms. The van der Waals surface area contributed by atoms with E-state index in [9.17, 15) is 29.5 Å². The fourth-order valence-electron chi connectivity index (χ4n) is 5.85. The van der Waals surface area contributed by atoms with Gasteiger partial charge in [0.05, 0.1) is 11.6 Å². The number of nitrogens with two attached hydrogens (primary N) is 1. The van der Waals surface area contributed by atoms with Gasteiger partial charge in [0.15, 0.2) is 12.4 Å². The first-order chi connectivity index (χ1) is 23.5. The predicted octanol–water partition coefficient (Wildman–Crippen LogP) is 1.85. The molecule has 1 aliphatic heterocycles. The number of rotatable bonds is 12. The number of aliphatic hydroxyl groups excluding tert-OH is 1. The molecule has 2 heterocycles. The minimum atomic E-state index is -2.15. The Hall–Kier alpha value is -4.29. The Balaban J connectivity index is 1.94. The average Bonchev–Trinajstić information content (AvgIpc) is 3.65. The van der Waals surface area contributed by atoms with Gasteiger partial charge in [-0.2, -0.15) is 5.26 Å². The minimum Gasteiger partial charge on any atom is -0.463 e. The summed E-state index contributed by atoms with van der Waals surface area (Å²) in [6.45, 7) is 11.6. The van der Waals surface area contributed by atoms with Gasteiger partial charge in [-0.3, -0.25) is 9.59 Å². The third-order valence-electron chi connectivity index (χ3n) is 8.85. The highest BCUT2D eigenvalue weighted by atomic mass is 16.6. The van der Waals surface area contributed by atoms with Gasteiger partial charge < -0.3 is 40.1 Å². The summed E-state index contributed by atoms with van der Waals surface area (Å²) in [6.07, 6.45) is 1.50. The zero-order chi connectivity index (χ0) is 37.2. The molecule has 2 aliphatic rings. The number of esters is 2. The average molecular weight is 702 g/mol. The van der Waals surface area contributed by atoms with Crippen LogP contribution in [0.1, 0.15) is 105 Å². The maximum Gasteiger partial charge on any atom is 0.408 e. The smallest absolute Gasteiger partial charge is 0.408 e. The van der Waals surface area contributed by atoms with Crippen LogP contribution in [0, 0.1) is 29.1 Å². The molecule has 50 heavy (non-hydrogen) atoms. The van der Waals surface area contributed by atoms with E-state index in [1.807, 2.05) is 13.0 Å². The van der Waals surface area contributed by atoms with Crippen LogP contribution in [0.4, 0.5) is 4.79 Å². The van der Waals surface area contributed by atoms with E-state index in [1.54, 1.807) is 41.5 Å². The molecular formula is C35H53N6O9+. The van der Waals surface area contributed by atoms with Crippen molar-refractivity contribution in [3.8, 4) is 6.07 Å². The lowest BCUT2D eigenvalue weighted by atomic mass is 9.87. The molecule has 3 rings (SSSR count). The third-order valence-corrected chi connectivity index (χ3v) is 8.85. The maximum absolute atomic E-state index is 13.6. The highest BCUT2D eigenvalue weighted by Crippen LogP contribution is 2.41. The van der Waals surface area contributed by atoms with Crippen molar-refractivity contribution in [3.63, 3.8) is 0 Å². The van der Waals surface area contributed by atoms with Gasteiger partial charge in [-0.05, 0) is 64.0 Å². The van der Waals surface area contributed by atoms with Crippen LogP contribution >= 0.6 is 0 Å². The van der Waals surface area contributed by atoms with Gasteiger partial charge in [-0.15, -0.1) is 0 Å². The lowest BCUT2D eigenvalue weighted by Crippen LogP contribution is -2.76. The monoisotopic (exact) mass is 701 g/mol. The van der Waals surface area contributed by atoms with Crippen molar-refractivity contribution in [2.45, 2.75) is 129 Å². The number of nitriles is 1. The lowest BCUT2D eigenvalue weighted by Gasteiger charge is -2.28. The molecule has 0 radical (unpaired) electrons. The number of nitrogens with zero attached hydrogens (tertiary/aromatic N) is 2. The Kier molecular flexibility index (Phi) is 14.1. The molecule has 0 aromatic carbocycles. The molecule has 0 unspecified atom stereocenters. The first-order valence-electron chi connectivity index (χ1n) is 17.3. The van der Waals surface area contributed by atoms with Crippen molar-refractivity contribution in [1.29, 1.82) is 5.26 Å². The molecule has 1 aromatic rings. The van der Waals surface area contributed by atoms with Crippen molar-refractivity contribution in [3.05, 3.63) is 23.5 Å². The van der Waals surface area contributed by atoms with E-state index in [0.29, 0.717) is 6.42 Å². The van der Waals surface area contributed by atoms with Crippen LogP contribution in [0.2, 0.25) is 0 Å². The van der Waals surface area contributed by atoms with E-state index in [-0.39, 0.29) is 35.5 Å². The number of nitrogens with one attached hydrogen (secondary N) is 3. The first-order valence-corrected chi connectivity index (χ1v) is 17.3. The molecule has 1 aliphatic carbocycles. The van der Waals surface area contributed by atoms with Gasteiger partial charge in [0.2, 0.25) is 5.60 Å². The summed E-state index contributed by atoms with van der Waals surface area (Å²) in [5.41, 5.74) is 2.90. The van der Waals surface area contributed by atoms with Gasteiger partial charge in [0, 0.05) is 6.42 Å². The number of H-pyrrole nitrogens is 1. The summed E-state index contributed by atoms with van der Waals surface area (Å²) in [5, 5.41) is 24.8. The van der Waals surface area contributed by atoms with E-state index in [4.69, 9.17) is 24.7 Å². The molecule has 6 atom stereocenters. The highest BCUT2D eigenvalue weighted by Gasteiger charge is 2.59. The molecular weight excluding hydrogens is 648 g/mol. The van der Waals surface area contributed by atoms with Gasteiger partial charge in [-0.1, -0.05) is 51.9 Å². The van der Waals surface area contributed by atoms with E-state index in [2.05, 4.69) is 20.3 Å². The number of amidine groups is 1. The van der Waals surface area contributed by atoms with E-state index in [0.717, 1.165) is 38.4 Å². The number of alkyl carbamates (subject to hydrolysis) is 1. The number of amides is 2. The molecule has 276 valence electrons. The summed E-state index contributed by atoms with van der Waals surface area (Å²) in [6, 6.07) is 3.79. The highest BCUT2D eigenvalue weighted by molar-refractivity contribution is 5.99. The Morgan fingerprint density at radius 1 is 1.22 bits per heavy atom. The molecule has 0 spiro atoms. The second kappa shape index (κ2) is 17.6. The fraction of sp³-hybridized carbons (Fsp3) is 0.686. The Labute approximate surface area is 293 Å². The van der Waals surface area contributed by atoms with Crippen LogP contribution in [0.5, 0.6) is 0 Å². The third kappa shape index (κ3) is 10.4. The van der Waals surface area contributed by atoms with Crippen LogP contribution in [0.3, 0.4) is 0 Å². The summed E-state index contributed by atoms with van der Waals surface area (Å²) < 4.78 is 22.8. The molecule has 1 saturated carbocycles. The molecule has 0 bridgehead atoms. The second-order valence-corrected chi connectivity index (χ2v) is 14.3. The molecule has 15 nitrogen and oxygen atoms in total. The number of carbonyl (C=O) groups excluding carboxylic acids is 4. The normalized spacial score (nSPS) is 24.4. The van der Waals surface area contributed by atoms with Gasteiger partial charge in [0.25, 0.3) is 5.84 Å². The molecule has 6 N–H and O–H groups in total. The number of aromatic amines is 1. The van der Waals surface area contributed by atoms with E-state index >= 15 is 0 Å². The van der Waals surface area contributed by atoms with Crippen LogP contribution in [-0.2, 0) is 38.9 Å². The number of aliphatic imine (C=N–C) groups is 1. The van der Waals surface area contributed by atoms with Crippen molar-refractivity contribution in [2.24, 2.45) is 28.5 Å². The van der Waals surface area contributed by atoms with Crippen molar-refractivity contribution < 1.29 is 48.2 Å². The van der Waals surface area contributed by atoms with Crippen LogP contribution < -0.4 is 16.0 Å². The molecule has 1 saturated heterocycles. The topological polar surface area (TPSA) is 229 Å². The quantitative estimate of drug-likeness (QED) is 0.0914. The summed E-state index contributed by atoms with van der Waals surface area (Å²) in [4.78, 5) is 61.5. The Bertz CT molecular complexity index is 1450. The van der Waals surface area contributed by atoms with Gasteiger partial charge in [-0.25, -0.2) is 14.6 Å². The number of aliphatic hydroxyl groups is 1. The van der Waals surface area contributed by atoms with Gasteiger partial charge in [0.1, 0.15) is 42.2 Å². The minimum absolute atomic E-state index is 0.0504. The number of hydrogen-bond donors (Lipinski definition) is 5. The molecule has 2 fully saturated rings. The molecule has 2 amide bonds. The molecule has 1 aromatic heterocycles. The number of hydrogen-bond acceptors (Lipinski definition) is 10. The fourth-order valence-corrected chi connectivity index (χ4v) is 5.85. The predicted molar refractivity (Wildman–Crippen MR) is 181 cm³/mol. The van der Waals surface area contributed by atoms with Crippen molar-refractivity contribution >= 4 is 36.1 Å². The number of aromatic nitrogens is 1. The number of ether oxygens (including phenoxy) is 4. The van der Waals surface area contributed by atoms with Crippen LogP contribution in [0.25, 0.3) is 0 Å². The van der Waals surface area contributed by atoms with Crippen molar-refractivity contribution in [1.82, 2.24) is 10.3 Å². The largest absolute Gasteiger partial charge is 0.463 e. The second-order valence-electron chi connectivity index (χ2n) is 14.3. The van der Waals surface area contributed by atoms with Crippen LogP contribution in [0.15, 0.2) is 17.1 Å². The summed E-state index contributed by atoms with van der Waals surface area (Å²) in [5.74, 6) is -2.35. The standard InChI is InChI=1S/C35H52N6O9/c1-8-21(4)31(44)41-30(38-19-37)23-14-15-25(39-23)35(18-36)29(43)28(24(49-35)17-47-26(42)16-22-12-10-9-11-13-22)48-32(45)27(20(2)3)40-33(46)50-34(5,6)7/h14-15,19-22,24,27-29,39,43H,8-13,16-17H2,1-7H3,(H,40,46)(H2,37,38,41,44)/p+1/t21-,24+,27-,28+,29+,35-/m0/s1. The maximum atomic E-state index is 13.6. The van der Waals surface area contributed by atoms with E-state index in [1.165, 1.54) is 12.1 Å². The summed E-state index contributed by atoms with van der Waals surface area (Å²) >= 11 is 0. The Morgan fingerprint density at radius 3 is 2.48 bits per heavy atom. The lowest BCUT2D eigenvalue weighted by molar-refractivity contribution is -0.309. The first kappa shape index (κ1) is 40.1. The van der Waals surface area contributed by atoms with Crippen molar-refractivity contribution in [2.75, 3.05) is 6.61 Å². The summed E-state index contributed by atoms with van der Waals surface area (Å²) in [7, 11) is 0. The van der Waals surface area contributed by atoms with Crippen LogP contribution in [-0.4, -0.2) is 82.8 Å². The van der Waals surface area contributed by atoms with Gasteiger partial charge >= 0.3 is 23.9 Å². The Morgan fingerprint density at radius 2 is 1.90 bits per heavy atom. The van der Waals surface area contributed by atoms with E-state index < -0.39 is 72.0 Å².